The fraction of sp³-hybridized carbons (Fsp3) is 1.00. The lowest BCUT2D eigenvalue weighted by Gasteiger charge is -2.21. The molecule has 0 aliphatic carbocycles. The SMILES string of the molecule is CC(C)NCC(C)S(=O)(=O)NCCCN(C)C(C)C. The molecule has 2 N–H and O–H groups in total. The third-order valence-corrected chi connectivity index (χ3v) is 5.05. The molecule has 0 radical (unpaired) electrons. The van der Waals surface area contributed by atoms with Crippen molar-refractivity contribution in [2.24, 2.45) is 0 Å². The Labute approximate surface area is 119 Å². The molecule has 0 aliphatic rings. The minimum Gasteiger partial charge on any atom is -0.313 e. The molecule has 19 heavy (non-hydrogen) atoms. The van der Waals surface area contributed by atoms with E-state index in [0.717, 1.165) is 13.0 Å². The standard InChI is InChI=1S/C13H31N3O2S/c1-11(2)14-10-13(5)19(17,18)15-8-7-9-16(6)12(3)4/h11-15H,7-10H2,1-6H3. The highest BCUT2D eigenvalue weighted by atomic mass is 32.2. The van der Waals surface area contributed by atoms with Gasteiger partial charge in [0, 0.05) is 25.2 Å². The van der Waals surface area contributed by atoms with Gasteiger partial charge in [-0.05, 0) is 40.8 Å². The summed E-state index contributed by atoms with van der Waals surface area (Å²) in [7, 11) is -1.16. The number of sulfonamides is 1. The summed E-state index contributed by atoms with van der Waals surface area (Å²) in [5, 5.41) is 2.74. The Bertz CT molecular complexity index is 329. The molecule has 1 atom stereocenters. The minimum absolute atomic E-state index is 0.303. The highest BCUT2D eigenvalue weighted by Gasteiger charge is 2.19. The first-order valence-electron chi connectivity index (χ1n) is 7.09. The Morgan fingerprint density at radius 2 is 1.68 bits per heavy atom. The molecule has 0 aliphatic heterocycles. The van der Waals surface area contributed by atoms with Crippen molar-refractivity contribution in [2.75, 3.05) is 26.7 Å². The van der Waals surface area contributed by atoms with E-state index in [1.54, 1.807) is 6.92 Å². The van der Waals surface area contributed by atoms with Crippen LogP contribution in [0.1, 0.15) is 41.0 Å². The van der Waals surface area contributed by atoms with E-state index in [4.69, 9.17) is 0 Å². The van der Waals surface area contributed by atoms with Crippen molar-refractivity contribution < 1.29 is 8.42 Å². The summed E-state index contributed by atoms with van der Waals surface area (Å²) >= 11 is 0. The zero-order chi connectivity index (χ0) is 15.1. The van der Waals surface area contributed by atoms with Gasteiger partial charge in [0.15, 0.2) is 0 Å². The Morgan fingerprint density at radius 3 is 2.16 bits per heavy atom. The second-order valence-electron chi connectivity index (χ2n) is 5.74. The summed E-state index contributed by atoms with van der Waals surface area (Å²) in [6, 6.07) is 0.795. The number of nitrogens with zero attached hydrogens (tertiary/aromatic N) is 1. The van der Waals surface area contributed by atoms with Gasteiger partial charge in [-0.3, -0.25) is 0 Å². The molecular formula is C13H31N3O2S. The van der Waals surface area contributed by atoms with Crippen molar-refractivity contribution in [1.29, 1.82) is 0 Å². The smallest absolute Gasteiger partial charge is 0.215 e. The third-order valence-electron chi connectivity index (χ3n) is 3.22. The lowest BCUT2D eigenvalue weighted by atomic mass is 10.3. The van der Waals surface area contributed by atoms with Crippen LogP contribution in [0.25, 0.3) is 0 Å². The fourth-order valence-corrected chi connectivity index (χ4v) is 2.48. The molecule has 0 rings (SSSR count). The maximum atomic E-state index is 12.0. The molecule has 0 bridgehead atoms. The van der Waals surface area contributed by atoms with Gasteiger partial charge in [-0.1, -0.05) is 13.8 Å². The van der Waals surface area contributed by atoms with Crippen LogP contribution in [0.15, 0.2) is 0 Å². The van der Waals surface area contributed by atoms with E-state index in [2.05, 4.69) is 28.8 Å². The van der Waals surface area contributed by atoms with E-state index < -0.39 is 15.3 Å². The van der Waals surface area contributed by atoms with E-state index >= 15 is 0 Å². The van der Waals surface area contributed by atoms with E-state index in [0.29, 0.717) is 25.2 Å². The second kappa shape index (κ2) is 8.89. The molecule has 0 heterocycles. The van der Waals surface area contributed by atoms with E-state index in [1.807, 2.05) is 20.9 Å². The van der Waals surface area contributed by atoms with Crippen LogP contribution in [-0.4, -0.2) is 57.3 Å². The van der Waals surface area contributed by atoms with Gasteiger partial charge in [-0.2, -0.15) is 0 Å². The van der Waals surface area contributed by atoms with Crippen molar-refractivity contribution in [3.05, 3.63) is 0 Å². The maximum Gasteiger partial charge on any atom is 0.215 e. The predicted molar refractivity (Wildman–Crippen MR) is 81.9 cm³/mol. The van der Waals surface area contributed by atoms with Crippen LogP contribution in [0, 0.1) is 0 Å². The average molecular weight is 293 g/mol. The van der Waals surface area contributed by atoms with Crippen LogP contribution >= 0.6 is 0 Å². The van der Waals surface area contributed by atoms with Crippen LogP contribution in [0.2, 0.25) is 0 Å². The fourth-order valence-electron chi connectivity index (χ4n) is 1.45. The molecule has 0 saturated carbocycles. The molecule has 5 nitrogen and oxygen atoms in total. The van der Waals surface area contributed by atoms with Gasteiger partial charge in [-0.15, -0.1) is 0 Å². The predicted octanol–water partition coefficient (Wildman–Crippen LogP) is 1.02. The van der Waals surface area contributed by atoms with Crippen molar-refractivity contribution in [3.8, 4) is 0 Å². The summed E-state index contributed by atoms with van der Waals surface area (Å²) in [5.74, 6) is 0. The zero-order valence-electron chi connectivity index (χ0n) is 13.2. The maximum absolute atomic E-state index is 12.0. The van der Waals surface area contributed by atoms with E-state index in [1.165, 1.54) is 0 Å². The van der Waals surface area contributed by atoms with Gasteiger partial charge >= 0.3 is 0 Å². The molecule has 6 heteroatoms. The van der Waals surface area contributed by atoms with Crippen LogP contribution in [0.3, 0.4) is 0 Å². The molecule has 0 saturated heterocycles. The zero-order valence-corrected chi connectivity index (χ0v) is 14.0. The second-order valence-corrected chi connectivity index (χ2v) is 7.92. The Morgan fingerprint density at radius 1 is 1.11 bits per heavy atom. The van der Waals surface area contributed by atoms with Crippen LogP contribution < -0.4 is 10.0 Å². The molecule has 116 valence electrons. The first kappa shape index (κ1) is 18.8. The summed E-state index contributed by atoms with van der Waals surface area (Å²) in [5.41, 5.74) is 0. The lowest BCUT2D eigenvalue weighted by molar-refractivity contribution is 0.271. The quantitative estimate of drug-likeness (QED) is 0.591. The molecule has 0 aromatic rings. The first-order valence-corrected chi connectivity index (χ1v) is 8.63. The molecule has 1 unspecified atom stereocenters. The van der Waals surface area contributed by atoms with Crippen molar-refractivity contribution in [3.63, 3.8) is 0 Å². The number of hydrogen-bond acceptors (Lipinski definition) is 4. The van der Waals surface area contributed by atoms with Gasteiger partial charge in [0.1, 0.15) is 0 Å². The van der Waals surface area contributed by atoms with Gasteiger partial charge < -0.3 is 10.2 Å². The Hall–Kier alpha value is -0.170. The molecule has 0 fully saturated rings. The lowest BCUT2D eigenvalue weighted by Crippen LogP contribution is -2.41. The van der Waals surface area contributed by atoms with E-state index in [9.17, 15) is 8.42 Å². The van der Waals surface area contributed by atoms with E-state index in [-0.39, 0.29) is 0 Å². The third kappa shape index (κ3) is 8.57. The number of nitrogens with one attached hydrogen (secondary N) is 2. The Balaban J connectivity index is 3.97. The van der Waals surface area contributed by atoms with Gasteiger partial charge in [-0.25, -0.2) is 13.1 Å². The van der Waals surface area contributed by atoms with Crippen molar-refractivity contribution >= 4 is 10.0 Å². The highest BCUT2D eigenvalue weighted by molar-refractivity contribution is 7.90. The molecular weight excluding hydrogens is 262 g/mol. The van der Waals surface area contributed by atoms with Gasteiger partial charge in [0.25, 0.3) is 0 Å². The molecule has 0 aromatic heterocycles. The summed E-state index contributed by atoms with van der Waals surface area (Å²) in [6.07, 6.45) is 0.832. The van der Waals surface area contributed by atoms with Crippen molar-refractivity contribution in [1.82, 2.24) is 14.9 Å². The monoisotopic (exact) mass is 293 g/mol. The topological polar surface area (TPSA) is 61.4 Å². The molecule has 0 aromatic carbocycles. The summed E-state index contributed by atoms with van der Waals surface area (Å²) < 4.78 is 26.6. The number of hydrogen-bond donors (Lipinski definition) is 2. The van der Waals surface area contributed by atoms with Crippen LogP contribution in [0.5, 0.6) is 0 Å². The first-order chi connectivity index (χ1) is 8.66. The van der Waals surface area contributed by atoms with Crippen molar-refractivity contribution in [2.45, 2.75) is 58.4 Å². The highest BCUT2D eigenvalue weighted by Crippen LogP contribution is 1.99. The van der Waals surface area contributed by atoms with Crippen LogP contribution in [-0.2, 0) is 10.0 Å². The number of rotatable bonds is 10. The minimum atomic E-state index is -3.21. The van der Waals surface area contributed by atoms with Crippen LogP contribution in [0.4, 0.5) is 0 Å². The molecule has 0 amide bonds. The molecule has 0 spiro atoms. The largest absolute Gasteiger partial charge is 0.313 e. The average Bonchev–Trinajstić information content (AvgIpc) is 2.30. The van der Waals surface area contributed by atoms with Gasteiger partial charge in [0.2, 0.25) is 10.0 Å². The Kier molecular flexibility index (Phi) is 8.81. The normalized spacial score (nSPS) is 14.6. The van der Waals surface area contributed by atoms with Gasteiger partial charge in [0.05, 0.1) is 5.25 Å². The summed E-state index contributed by atoms with van der Waals surface area (Å²) in [4.78, 5) is 2.21. The summed E-state index contributed by atoms with van der Waals surface area (Å²) in [6.45, 7) is 11.9.